The molecule has 0 atom stereocenters. The van der Waals surface area contributed by atoms with Gasteiger partial charge in [-0.25, -0.2) is 0 Å². The first kappa shape index (κ1) is 18.4. The van der Waals surface area contributed by atoms with Crippen LogP contribution in [0.3, 0.4) is 0 Å². The Hall–Kier alpha value is -2.95. The SMILES string of the molecule is CCc1cc2c(=O)c(-c3ccc4c(c3)OCCO4)c(C)oc2cc1OC(C)C. The highest BCUT2D eigenvalue weighted by Gasteiger charge is 2.19. The number of hydrogen-bond donors (Lipinski definition) is 0. The molecule has 146 valence electrons. The summed E-state index contributed by atoms with van der Waals surface area (Å²) >= 11 is 0. The van der Waals surface area contributed by atoms with Crippen LogP contribution in [0.1, 0.15) is 32.1 Å². The van der Waals surface area contributed by atoms with Crippen molar-refractivity contribution in [2.45, 2.75) is 40.2 Å². The van der Waals surface area contributed by atoms with Crippen molar-refractivity contribution >= 4 is 11.0 Å². The van der Waals surface area contributed by atoms with E-state index >= 15 is 0 Å². The molecule has 0 unspecified atom stereocenters. The van der Waals surface area contributed by atoms with Crippen molar-refractivity contribution in [3.63, 3.8) is 0 Å². The molecule has 4 rings (SSSR count). The number of ether oxygens (including phenoxy) is 3. The summed E-state index contributed by atoms with van der Waals surface area (Å²) in [7, 11) is 0. The second kappa shape index (κ2) is 7.23. The van der Waals surface area contributed by atoms with Gasteiger partial charge >= 0.3 is 0 Å². The third kappa shape index (κ3) is 3.21. The van der Waals surface area contributed by atoms with Crippen LogP contribution in [0, 0.1) is 6.92 Å². The van der Waals surface area contributed by atoms with Gasteiger partial charge in [-0.05, 0) is 56.5 Å². The molecule has 1 aromatic heterocycles. The van der Waals surface area contributed by atoms with Crippen LogP contribution in [-0.2, 0) is 6.42 Å². The average Bonchev–Trinajstić information content (AvgIpc) is 2.67. The van der Waals surface area contributed by atoms with E-state index in [1.165, 1.54) is 0 Å². The molecule has 0 N–H and O–H groups in total. The van der Waals surface area contributed by atoms with E-state index in [1.54, 1.807) is 0 Å². The van der Waals surface area contributed by atoms with E-state index in [2.05, 4.69) is 0 Å². The molecule has 0 bridgehead atoms. The standard InChI is InChI=1S/C23H24O5/c1-5-15-10-17-20(12-19(15)27-13(2)3)28-14(4)22(23(17)24)16-6-7-18-21(11-16)26-9-8-25-18/h6-7,10-13H,5,8-9H2,1-4H3. The zero-order valence-corrected chi connectivity index (χ0v) is 16.6. The molecule has 0 saturated carbocycles. The van der Waals surface area contributed by atoms with Crippen molar-refractivity contribution in [3.8, 4) is 28.4 Å². The summed E-state index contributed by atoms with van der Waals surface area (Å²) in [6.45, 7) is 8.85. The van der Waals surface area contributed by atoms with Gasteiger partial charge in [-0.2, -0.15) is 0 Å². The zero-order valence-electron chi connectivity index (χ0n) is 16.6. The van der Waals surface area contributed by atoms with Gasteiger partial charge in [-0.3, -0.25) is 4.79 Å². The quantitative estimate of drug-likeness (QED) is 0.645. The molecule has 0 aliphatic carbocycles. The van der Waals surface area contributed by atoms with Gasteiger partial charge < -0.3 is 18.6 Å². The van der Waals surface area contributed by atoms with Crippen molar-refractivity contribution in [2.24, 2.45) is 0 Å². The third-order valence-electron chi connectivity index (χ3n) is 4.82. The first-order chi connectivity index (χ1) is 13.5. The van der Waals surface area contributed by atoms with Crippen LogP contribution in [0.25, 0.3) is 22.1 Å². The van der Waals surface area contributed by atoms with Gasteiger partial charge in [0, 0.05) is 6.07 Å². The Balaban J connectivity index is 1.90. The lowest BCUT2D eigenvalue weighted by Crippen LogP contribution is -2.15. The molecule has 0 radical (unpaired) electrons. The van der Waals surface area contributed by atoms with Crippen molar-refractivity contribution in [1.29, 1.82) is 0 Å². The van der Waals surface area contributed by atoms with Crippen LogP contribution >= 0.6 is 0 Å². The van der Waals surface area contributed by atoms with Gasteiger partial charge in [0.25, 0.3) is 0 Å². The van der Waals surface area contributed by atoms with E-state index in [4.69, 9.17) is 18.6 Å². The van der Waals surface area contributed by atoms with E-state index in [-0.39, 0.29) is 11.5 Å². The highest BCUT2D eigenvalue weighted by Crippen LogP contribution is 2.36. The van der Waals surface area contributed by atoms with E-state index < -0.39 is 0 Å². The highest BCUT2D eigenvalue weighted by atomic mass is 16.6. The van der Waals surface area contributed by atoms with Crippen molar-refractivity contribution in [3.05, 3.63) is 51.9 Å². The van der Waals surface area contributed by atoms with Gasteiger partial charge in [0.05, 0.1) is 17.1 Å². The fraction of sp³-hybridized carbons (Fsp3) is 0.348. The maximum Gasteiger partial charge on any atom is 0.200 e. The van der Waals surface area contributed by atoms with Gasteiger partial charge in [-0.15, -0.1) is 0 Å². The first-order valence-electron chi connectivity index (χ1n) is 9.65. The smallest absolute Gasteiger partial charge is 0.200 e. The summed E-state index contributed by atoms with van der Waals surface area (Å²) in [5.41, 5.74) is 2.78. The maximum atomic E-state index is 13.3. The number of benzene rings is 2. The zero-order chi connectivity index (χ0) is 19.8. The summed E-state index contributed by atoms with van der Waals surface area (Å²) in [6, 6.07) is 9.27. The highest BCUT2D eigenvalue weighted by molar-refractivity contribution is 5.85. The van der Waals surface area contributed by atoms with E-state index in [1.807, 2.05) is 58.0 Å². The normalized spacial score (nSPS) is 13.2. The molecule has 1 aliphatic rings. The van der Waals surface area contributed by atoms with Crippen molar-refractivity contribution < 1.29 is 18.6 Å². The number of aryl methyl sites for hydroxylation is 2. The third-order valence-corrected chi connectivity index (χ3v) is 4.82. The summed E-state index contributed by atoms with van der Waals surface area (Å²) in [5, 5.41) is 0.559. The number of rotatable bonds is 4. The van der Waals surface area contributed by atoms with E-state index in [0.29, 0.717) is 47.0 Å². The van der Waals surface area contributed by atoms with Gasteiger partial charge in [0.15, 0.2) is 11.5 Å². The van der Waals surface area contributed by atoms with Crippen molar-refractivity contribution in [1.82, 2.24) is 0 Å². The molecule has 2 heterocycles. The first-order valence-corrected chi connectivity index (χ1v) is 9.65. The van der Waals surface area contributed by atoms with Crippen LogP contribution < -0.4 is 19.6 Å². The molecule has 0 saturated heterocycles. The summed E-state index contributed by atoms with van der Waals surface area (Å²) in [6.07, 6.45) is 0.817. The average molecular weight is 380 g/mol. The number of hydrogen-bond acceptors (Lipinski definition) is 5. The van der Waals surface area contributed by atoms with Crippen LogP contribution in [0.5, 0.6) is 17.2 Å². The molecule has 0 spiro atoms. The van der Waals surface area contributed by atoms with Gasteiger partial charge in [-0.1, -0.05) is 13.0 Å². The topological polar surface area (TPSA) is 57.9 Å². The Kier molecular flexibility index (Phi) is 4.75. The van der Waals surface area contributed by atoms with Crippen LogP contribution in [0.15, 0.2) is 39.5 Å². The minimum atomic E-state index is -0.0544. The Bertz CT molecular complexity index is 1090. The molecular weight excluding hydrogens is 356 g/mol. The van der Waals surface area contributed by atoms with Crippen molar-refractivity contribution in [2.75, 3.05) is 13.2 Å². The fourth-order valence-electron chi connectivity index (χ4n) is 3.55. The van der Waals surface area contributed by atoms with Crippen LogP contribution in [0.2, 0.25) is 0 Å². The van der Waals surface area contributed by atoms with Gasteiger partial charge in [0.1, 0.15) is 30.3 Å². The van der Waals surface area contributed by atoms with E-state index in [9.17, 15) is 4.79 Å². The lowest BCUT2D eigenvalue weighted by molar-refractivity contribution is 0.171. The maximum absolute atomic E-state index is 13.3. The molecule has 2 aromatic carbocycles. The second-order valence-electron chi connectivity index (χ2n) is 7.20. The monoisotopic (exact) mass is 380 g/mol. The lowest BCUT2D eigenvalue weighted by atomic mass is 10.00. The molecule has 28 heavy (non-hydrogen) atoms. The largest absolute Gasteiger partial charge is 0.491 e. The minimum absolute atomic E-state index is 0.0487. The predicted molar refractivity (Wildman–Crippen MR) is 109 cm³/mol. The van der Waals surface area contributed by atoms with Crippen LogP contribution in [0.4, 0.5) is 0 Å². The summed E-state index contributed by atoms with van der Waals surface area (Å²) in [4.78, 5) is 13.3. The molecule has 0 fully saturated rings. The van der Waals surface area contributed by atoms with Crippen LogP contribution in [-0.4, -0.2) is 19.3 Å². The summed E-state index contributed by atoms with van der Waals surface area (Å²) in [5.74, 6) is 2.67. The molecule has 5 heteroatoms. The molecule has 1 aliphatic heterocycles. The number of fused-ring (bicyclic) bond motifs is 2. The Morgan fingerprint density at radius 2 is 1.82 bits per heavy atom. The Labute approximate surface area is 163 Å². The molecule has 5 nitrogen and oxygen atoms in total. The Morgan fingerprint density at radius 3 is 2.54 bits per heavy atom. The van der Waals surface area contributed by atoms with Gasteiger partial charge in [0.2, 0.25) is 5.43 Å². The molecule has 0 amide bonds. The minimum Gasteiger partial charge on any atom is -0.491 e. The second-order valence-corrected chi connectivity index (χ2v) is 7.20. The molecular formula is C23H24O5. The fourth-order valence-corrected chi connectivity index (χ4v) is 3.55. The predicted octanol–water partition coefficient (Wildman–Crippen LogP) is 4.89. The molecule has 3 aromatic rings. The lowest BCUT2D eigenvalue weighted by Gasteiger charge is -2.19. The summed E-state index contributed by atoms with van der Waals surface area (Å²) < 4.78 is 23.2. The van der Waals surface area contributed by atoms with E-state index in [0.717, 1.165) is 23.3 Å². The Morgan fingerprint density at radius 1 is 1.07 bits per heavy atom.